The highest BCUT2D eigenvalue weighted by atomic mass is 35.5. The van der Waals surface area contributed by atoms with Gasteiger partial charge in [-0.2, -0.15) is 0 Å². The summed E-state index contributed by atoms with van der Waals surface area (Å²) in [4.78, 5) is 17.2. The molecule has 4 nitrogen and oxygen atoms in total. The molecule has 0 aromatic heterocycles. The summed E-state index contributed by atoms with van der Waals surface area (Å²) in [6.07, 6.45) is 0. The van der Waals surface area contributed by atoms with E-state index in [9.17, 15) is 4.79 Å². The van der Waals surface area contributed by atoms with Crippen LogP contribution in [0.4, 0.5) is 0 Å². The molecule has 160 valence electrons. The predicted octanol–water partition coefficient (Wildman–Crippen LogP) is 5.19. The number of nitrogens with zero attached hydrogens (tertiary/aromatic N) is 2. The van der Waals surface area contributed by atoms with Crippen molar-refractivity contribution in [1.82, 2.24) is 9.80 Å². The number of halogens is 1. The maximum Gasteiger partial charge on any atom is 0.253 e. The van der Waals surface area contributed by atoms with E-state index >= 15 is 0 Å². The number of piperazine rings is 1. The van der Waals surface area contributed by atoms with Crippen molar-refractivity contribution in [2.24, 2.45) is 0 Å². The van der Waals surface area contributed by atoms with Gasteiger partial charge in [0.25, 0.3) is 5.91 Å². The van der Waals surface area contributed by atoms with Gasteiger partial charge in [-0.15, -0.1) is 0 Å². The molecule has 0 saturated carbocycles. The fourth-order valence-corrected chi connectivity index (χ4v) is 3.87. The van der Waals surface area contributed by atoms with Crippen molar-refractivity contribution in [2.75, 3.05) is 26.2 Å². The van der Waals surface area contributed by atoms with Gasteiger partial charge >= 0.3 is 0 Å². The average molecular weight is 435 g/mol. The summed E-state index contributed by atoms with van der Waals surface area (Å²) in [5.74, 6) is 0.885. The first kappa shape index (κ1) is 21.4. The number of benzene rings is 3. The summed E-state index contributed by atoms with van der Waals surface area (Å²) >= 11 is 6.06. The van der Waals surface area contributed by atoms with Crippen LogP contribution in [-0.4, -0.2) is 41.9 Å². The van der Waals surface area contributed by atoms with Gasteiger partial charge in [0.2, 0.25) is 0 Å². The van der Waals surface area contributed by atoms with Crippen LogP contribution in [0.2, 0.25) is 5.02 Å². The van der Waals surface area contributed by atoms with E-state index in [1.165, 1.54) is 5.56 Å². The number of carbonyl (C=O) groups is 1. The molecule has 1 aliphatic heterocycles. The molecule has 5 heteroatoms. The van der Waals surface area contributed by atoms with Crippen LogP contribution >= 0.6 is 11.6 Å². The van der Waals surface area contributed by atoms with Crippen LogP contribution in [-0.2, 0) is 13.2 Å². The zero-order valence-electron chi connectivity index (χ0n) is 17.8. The largest absolute Gasteiger partial charge is 0.489 e. The molecule has 0 spiro atoms. The number of amides is 1. The number of ether oxygens (including phenoxy) is 1. The second kappa shape index (κ2) is 9.99. The van der Waals surface area contributed by atoms with E-state index in [1.54, 1.807) is 0 Å². The normalized spacial score (nSPS) is 14.5. The Balaban J connectivity index is 1.28. The van der Waals surface area contributed by atoms with Crippen LogP contribution in [0.15, 0.2) is 72.8 Å². The van der Waals surface area contributed by atoms with E-state index in [1.807, 2.05) is 60.4 Å². The lowest BCUT2D eigenvalue weighted by Crippen LogP contribution is -2.48. The van der Waals surface area contributed by atoms with Gasteiger partial charge in [-0.25, -0.2) is 0 Å². The first-order valence-corrected chi connectivity index (χ1v) is 11.0. The lowest BCUT2D eigenvalue weighted by atomic mass is 10.1. The van der Waals surface area contributed by atoms with Crippen LogP contribution in [0.5, 0.6) is 5.75 Å². The maximum absolute atomic E-state index is 12.9. The van der Waals surface area contributed by atoms with E-state index < -0.39 is 0 Å². The number of aryl methyl sites for hydroxylation is 1. The van der Waals surface area contributed by atoms with Crippen molar-refractivity contribution in [3.8, 4) is 5.75 Å². The van der Waals surface area contributed by atoms with Crippen molar-refractivity contribution in [3.63, 3.8) is 0 Å². The second-order valence-corrected chi connectivity index (χ2v) is 8.36. The molecule has 3 aromatic rings. The Bertz CT molecular complexity index is 1010. The van der Waals surface area contributed by atoms with E-state index in [4.69, 9.17) is 16.3 Å². The summed E-state index contributed by atoms with van der Waals surface area (Å²) in [6, 6.07) is 23.8. The Morgan fingerprint density at radius 2 is 1.61 bits per heavy atom. The third kappa shape index (κ3) is 5.66. The highest BCUT2D eigenvalue weighted by Gasteiger charge is 2.22. The SMILES string of the molecule is Cc1cc(OCc2ccc(C(=O)N3CCN(Cc4ccccc4)CC3)cc2)ccc1Cl. The third-order valence-corrected chi connectivity index (χ3v) is 6.07. The van der Waals surface area contributed by atoms with Gasteiger partial charge in [-0.1, -0.05) is 54.1 Å². The molecule has 0 unspecified atom stereocenters. The van der Waals surface area contributed by atoms with Gasteiger partial charge in [0, 0.05) is 43.3 Å². The molecule has 0 atom stereocenters. The summed E-state index contributed by atoms with van der Waals surface area (Å²) in [5, 5.41) is 0.733. The van der Waals surface area contributed by atoms with E-state index in [0.29, 0.717) is 6.61 Å². The lowest BCUT2D eigenvalue weighted by Gasteiger charge is -2.34. The fraction of sp³-hybridized carbons (Fsp3) is 0.269. The van der Waals surface area contributed by atoms with Gasteiger partial charge in [0.15, 0.2) is 0 Å². The van der Waals surface area contributed by atoms with Crippen molar-refractivity contribution in [3.05, 3.63) is 100 Å². The van der Waals surface area contributed by atoms with Crippen LogP contribution in [0, 0.1) is 6.92 Å². The standard InChI is InChI=1S/C26H27ClN2O2/c1-20-17-24(11-12-25(20)27)31-19-22-7-9-23(10-8-22)26(30)29-15-13-28(14-16-29)18-21-5-3-2-4-6-21/h2-12,17H,13-16,18-19H2,1H3. The Morgan fingerprint density at radius 1 is 0.903 bits per heavy atom. The molecule has 1 saturated heterocycles. The minimum absolute atomic E-state index is 0.0974. The molecule has 0 N–H and O–H groups in total. The van der Waals surface area contributed by atoms with Crippen molar-refractivity contribution < 1.29 is 9.53 Å². The number of hydrogen-bond donors (Lipinski definition) is 0. The van der Waals surface area contributed by atoms with Crippen molar-refractivity contribution >= 4 is 17.5 Å². The second-order valence-electron chi connectivity index (χ2n) is 7.95. The van der Waals surface area contributed by atoms with Crippen LogP contribution < -0.4 is 4.74 Å². The highest BCUT2D eigenvalue weighted by Crippen LogP contribution is 2.22. The molecule has 3 aromatic carbocycles. The minimum atomic E-state index is 0.0974. The summed E-state index contributed by atoms with van der Waals surface area (Å²) < 4.78 is 5.85. The maximum atomic E-state index is 12.9. The Labute approximate surface area is 189 Å². The Morgan fingerprint density at radius 3 is 2.29 bits per heavy atom. The molecule has 1 aliphatic rings. The minimum Gasteiger partial charge on any atom is -0.489 e. The quantitative estimate of drug-likeness (QED) is 0.535. The lowest BCUT2D eigenvalue weighted by molar-refractivity contribution is 0.0628. The molecule has 31 heavy (non-hydrogen) atoms. The Hall–Kier alpha value is -2.82. The first-order chi connectivity index (χ1) is 15.1. The van der Waals surface area contributed by atoms with Crippen LogP contribution in [0.3, 0.4) is 0 Å². The van der Waals surface area contributed by atoms with E-state index in [0.717, 1.165) is 60.2 Å². The molecular formula is C26H27ClN2O2. The molecule has 1 fully saturated rings. The van der Waals surface area contributed by atoms with E-state index in [-0.39, 0.29) is 5.91 Å². The van der Waals surface area contributed by atoms with Gasteiger partial charge in [0.1, 0.15) is 12.4 Å². The molecule has 1 heterocycles. The van der Waals surface area contributed by atoms with E-state index in [2.05, 4.69) is 29.2 Å². The third-order valence-electron chi connectivity index (χ3n) is 5.64. The molecule has 1 amide bonds. The molecule has 0 aliphatic carbocycles. The zero-order valence-corrected chi connectivity index (χ0v) is 18.5. The number of carbonyl (C=O) groups excluding carboxylic acids is 1. The Kier molecular flexibility index (Phi) is 6.90. The topological polar surface area (TPSA) is 32.8 Å². The van der Waals surface area contributed by atoms with Gasteiger partial charge < -0.3 is 9.64 Å². The monoisotopic (exact) mass is 434 g/mol. The predicted molar refractivity (Wildman–Crippen MR) is 125 cm³/mol. The first-order valence-electron chi connectivity index (χ1n) is 10.6. The highest BCUT2D eigenvalue weighted by molar-refractivity contribution is 6.31. The fourth-order valence-electron chi connectivity index (χ4n) is 3.75. The number of rotatable bonds is 6. The smallest absolute Gasteiger partial charge is 0.253 e. The van der Waals surface area contributed by atoms with Gasteiger partial charge in [-0.05, 0) is 53.9 Å². The summed E-state index contributed by atoms with van der Waals surface area (Å²) in [7, 11) is 0. The number of hydrogen-bond acceptors (Lipinski definition) is 3. The van der Waals surface area contributed by atoms with Gasteiger partial charge in [-0.3, -0.25) is 9.69 Å². The zero-order chi connectivity index (χ0) is 21.6. The van der Waals surface area contributed by atoms with Crippen molar-refractivity contribution in [1.29, 1.82) is 0 Å². The molecule has 0 radical (unpaired) electrons. The molecule has 0 bridgehead atoms. The van der Waals surface area contributed by atoms with Crippen molar-refractivity contribution in [2.45, 2.75) is 20.1 Å². The van der Waals surface area contributed by atoms with Crippen LogP contribution in [0.1, 0.15) is 27.0 Å². The average Bonchev–Trinajstić information content (AvgIpc) is 2.81. The molecular weight excluding hydrogens is 408 g/mol. The summed E-state index contributed by atoms with van der Waals surface area (Å²) in [6.45, 7) is 6.65. The van der Waals surface area contributed by atoms with Gasteiger partial charge in [0.05, 0.1) is 0 Å². The van der Waals surface area contributed by atoms with Crippen LogP contribution in [0.25, 0.3) is 0 Å². The molecule has 4 rings (SSSR count). The summed E-state index contributed by atoms with van der Waals surface area (Å²) in [5.41, 5.74) is 4.05.